The maximum absolute atomic E-state index is 14.8. The van der Waals surface area contributed by atoms with E-state index in [2.05, 4.69) is 4.98 Å². The number of imide groups is 1. The van der Waals surface area contributed by atoms with Gasteiger partial charge in [-0.05, 0) is 46.9 Å². The average molecular weight is 828 g/mol. The third-order valence-corrected chi connectivity index (χ3v) is 13.1. The molecular weight excluding hydrogens is 794 g/mol. The summed E-state index contributed by atoms with van der Waals surface area (Å²) in [5.74, 6) is -2.72. The number of aryl methyl sites for hydroxylation is 2. The summed E-state index contributed by atoms with van der Waals surface area (Å²) in [6.45, 7) is -0.329. The Labute approximate surface area is 337 Å². The van der Waals surface area contributed by atoms with Crippen molar-refractivity contribution in [1.29, 1.82) is 0 Å². The van der Waals surface area contributed by atoms with Crippen LogP contribution < -0.4 is 31.3 Å². The van der Waals surface area contributed by atoms with Crippen LogP contribution in [0.1, 0.15) is 29.6 Å². The van der Waals surface area contributed by atoms with E-state index in [9.17, 15) is 33.5 Å². The summed E-state index contributed by atoms with van der Waals surface area (Å²) in [7, 11) is 4.53. The molecule has 0 bridgehead atoms. The number of allylic oxidation sites excluding steroid dienone is 2. The number of phenols is 1. The van der Waals surface area contributed by atoms with Gasteiger partial charge in [0.05, 0.1) is 43.5 Å². The van der Waals surface area contributed by atoms with E-state index in [0.29, 0.717) is 44.4 Å². The van der Waals surface area contributed by atoms with Crippen LogP contribution in [0, 0.1) is 5.82 Å². The van der Waals surface area contributed by atoms with E-state index in [0.717, 1.165) is 21.6 Å². The summed E-state index contributed by atoms with van der Waals surface area (Å²) in [6.07, 6.45) is 1.25. The van der Waals surface area contributed by atoms with Crippen molar-refractivity contribution in [3.8, 4) is 17.2 Å². The third kappa shape index (κ3) is 5.02. The SMILES string of the molecule is COc1cc2nc(CCn3c(=O)n4n(c3=O)C3CC5(Cl)C(=O)N(c6ccc(F)cc6)C(=O)C5(Cl)C(c5ccc(O)c6ccccc56)C3=CC4)c(=O)n(C)c2cc1OC. The molecule has 4 aromatic carbocycles. The zero-order chi connectivity index (χ0) is 41.0. The fourth-order valence-corrected chi connectivity index (χ4v) is 9.80. The zero-order valence-electron chi connectivity index (χ0n) is 31.1. The van der Waals surface area contributed by atoms with E-state index >= 15 is 0 Å². The molecule has 4 heterocycles. The standard InChI is InChI=1S/C41H33Cl2FN6O8/c1-46-29-19-33(58-3)32(57-2)18-28(29)45-27(35(46)52)15-16-47-38(55)48-17-14-26-30(50(48)39(47)56)20-40(42)36(53)49(22-10-8-21(44)9-11-22)37(54)41(40,43)34(26)25-12-13-31(51)24-7-5-4-6-23(24)25/h4-14,18-19,30,34,51H,15-17,20H2,1-3H3. The maximum atomic E-state index is 14.8. The summed E-state index contributed by atoms with van der Waals surface area (Å²) < 4.78 is 29.7. The van der Waals surface area contributed by atoms with Crippen LogP contribution in [0.3, 0.4) is 0 Å². The quantitative estimate of drug-likeness (QED) is 0.139. The van der Waals surface area contributed by atoms with Gasteiger partial charge in [-0.3, -0.25) is 14.4 Å². The Morgan fingerprint density at radius 1 is 0.897 bits per heavy atom. The van der Waals surface area contributed by atoms with Crippen molar-refractivity contribution >= 4 is 62.5 Å². The molecule has 0 radical (unpaired) electrons. The highest BCUT2D eigenvalue weighted by Gasteiger charge is 2.75. The fraction of sp³-hybridized carbons (Fsp3) is 0.268. The predicted octanol–water partition coefficient (Wildman–Crippen LogP) is 4.51. The van der Waals surface area contributed by atoms with Crippen molar-refractivity contribution in [2.75, 3.05) is 19.1 Å². The lowest BCUT2D eigenvalue weighted by atomic mass is 9.63. The normalized spacial score (nSPS) is 22.5. The van der Waals surface area contributed by atoms with Gasteiger partial charge < -0.3 is 19.1 Å². The summed E-state index contributed by atoms with van der Waals surface area (Å²) in [5.41, 5.74) is 0.108. The molecule has 1 saturated carbocycles. The van der Waals surface area contributed by atoms with Gasteiger partial charge in [0.25, 0.3) is 17.4 Å². The fourth-order valence-electron chi connectivity index (χ4n) is 8.89. The molecule has 17 heteroatoms. The van der Waals surface area contributed by atoms with Gasteiger partial charge >= 0.3 is 11.4 Å². The van der Waals surface area contributed by atoms with Crippen LogP contribution in [0.5, 0.6) is 17.2 Å². The van der Waals surface area contributed by atoms with Gasteiger partial charge in [-0.2, -0.15) is 0 Å². The molecule has 2 amide bonds. The van der Waals surface area contributed by atoms with Gasteiger partial charge in [-0.1, -0.05) is 36.4 Å². The predicted molar refractivity (Wildman–Crippen MR) is 213 cm³/mol. The number of phenolic OH excluding ortho intramolecular Hbond substituents is 1. The number of hydrogen-bond donors (Lipinski definition) is 1. The first-order valence-electron chi connectivity index (χ1n) is 18.2. The van der Waals surface area contributed by atoms with Crippen LogP contribution in [0.2, 0.25) is 0 Å². The summed E-state index contributed by atoms with van der Waals surface area (Å²) in [5, 5.41) is 11.8. The molecule has 58 heavy (non-hydrogen) atoms. The number of methoxy groups -OCH3 is 2. The van der Waals surface area contributed by atoms with Crippen LogP contribution in [0.25, 0.3) is 21.8 Å². The first-order valence-corrected chi connectivity index (χ1v) is 19.0. The number of hydrogen-bond acceptors (Lipinski definition) is 9. The number of halogens is 3. The number of amides is 2. The topological polar surface area (TPSA) is 160 Å². The van der Waals surface area contributed by atoms with Gasteiger partial charge in [-0.25, -0.2) is 37.8 Å². The van der Waals surface area contributed by atoms with E-state index in [1.54, 1.807) is 55.6 Å². The number of rotatable bonds is 7. The number of nitrogens with zero attached hydrogens (tertiary/aromatic N) is 6. The van der Waals surface area contributed by atoms with Crippen LogP contribution in [0.15, 0.2) is 98.8 Å². The number of aromatic hydroxyl groups is 1. The van der Waals surface area contributed by atoms with E-state index in [1.165, 1.54) is 46.3 Å². The Morgan fingerprint density at radius 2 is 1.59 bits per heavy atom. The Kier molecular flexibility index (Phi) is 8.49. The van der Waals surface area contributed by atoms with Gasteiger partial charge in [-0.15, -0.1) is 23.2 Å². The van der Waals surface area contributed by atoms with E-state index < -0.39 is 56.3 Å². The minimum Gasteiger partial charge on any atom is -0.507 e. The molecule has 296 valence electrons. The number of anilines is 1. The Bertz CT molecular complexity index is 2990. The van der Waals surface area contributed by atoms with Crippen molar-refractivity contribution in [2.24, 2.45) is 7.05 Å². The monoisotopic (exact) mass is 826 g/mol. The van der Waals surface area contributed by atoms with Gasteiger partial charge in [0.1, 0.15) is 17.3 Å². The zero-order valence-corrected chi connectivity index (χ0v) is 32.6. The van der Waals surface area contributed by atoms with Crippen molar-refractivity contribution in [1.82, 2.24) is 23.5 Å². The van der Waals surface area contributed by atoms with Crippen molar-refractivity contribution < 1.29 is 28.6 Å². The molecule has 3 aliphatic rings. The highest BCUT2D eigenvalue weighted by molar-refractivity contribution is 6.58. The van der Waals surface area contributed by atoms with Crippen LogP contribution in [0.4, 0.5) is 10.1 Å². The molecule has 14 nitrogen and oxygen atoms in total. The Morgan fingerprint density at radius 3 is 2.29 bits per heavy atom. The number of benzene rings is 4. The summed E-state index contributed by atoms with van der Waals surface area (Å²) in [4.78, 5) is 72.4. The number of carbonyl (C=O) groups excluding carboxylic acids is 2. The summed E-state index contributed by atoms with van der Waals surface area (Å²) >= 11 is 15.0. The van der Waals surface area contributed by atoms with E-state index in [1.807, 2.05) is 0 Å². The second-order valence-corrected chi connectivity index (χ2v) is 15.8. The number of fused-ring (bicyclic) bond motifs is 6. The van der Waals surface area contributed by atoms with Crippen LogP contribution in [-0.2, 0) is 36.1 Å². The maximum Gasteiger partial charge on any atom is 0.347 e. The van der Waals surface area contributed by atoms with Crippen LogP contribution in [-0.4, -0.2) is 64.4 Å². The lowest BCUT2D eigenvalue weighted by Gasteiger charge is -2.49. The molecule has 1 saturated heterocycles. The largest absolute Gasteiger partial charge is 0.507 e. The molecule has 1 N–H and O–H groups in total. The number of alkyl halides is 2. The molecule has 2 aliphatic heterocycles. The van der Waals surface area contributed by atoms with Gasteiger partial charge in [0.2, 0.25) is 0 Å². The molecule has 6 aromatic rings. The van der Waals surface area contributed by atoms with E-state index in [-0.39, 0.29) is 43.1 Å². The highest BCUT2D eigenvalue weighted by atomic mass is 35.5. The smallest absolute Gasteiger partial charge is 0.347 e. The number of ether oxygens (including phenoxy) is 2. The van der Waals surface area contributed by atoms with Crippen molar-refractivity contribution in [3.63, 3.8) is 0 Å². The molecule has 4 atom stereocenters. The molecule has 9 rings (SSSR count). The third-order valence-electron chi connectivity index (χ3n) is 11.7. The van der Waals surface area contributed by atoms with Gasteiger partial charge in [0.15, 0.2) is 21.2 Å². The molecule has 2 aromatic heterocycles. The average Bonchev–Trinajstić information content (AvgIpc) is 3.55. The molecular formula is C41H33Cl2FN6O8. The summed E-state index contributed by atoms with van der Waals surface area (Å²) in [6, 6.07) is 16.9. The Balaban J connectivity index is 1.17. The first-order chi connectivity index (χ1) is 27.7. The Hall–Kier alpha value is -6.19. The van der Waals surface area contributed by atoms with Crippen molar-refractivity contribution in [2.45, 2.75) is 47.6 Å². The van der Waals surface area contributed by atoms with Gasteiger partial charge in [0, 0.05) is 49.9 Å². The molecule has 1 aliphatic carbocycles. The lowest BCUT2D eigenvalue weighted by molar-refractivity contribution is -0.122. The second kappa shape index (κ2) is 13.2. The van der Waals surface area contributed by atoms with Crippen LogP contribution >= 0.6 is 23.2 Å². The second-order valence-electron chi connectivity index (χ2n) is 14.5. The highest BCUT2D eigenvalue weighted by Crippen LogP contribution is 2.64. The number of carbonyl (C=O) groups is 2. The van der Waals surface area contributed by atoms with E-state index in [4.69, 9.17) is 32.7 Å². The lowest BCUT2D eigenvalue weighted by Crippen LogP contribution is -2.59. The molecule has 2 fully saturated rings. The minimum atomic E-state index is -2.20. The first kappa shape index (κ1) is 37.4. The molecule has 4 unspecified atom stereocenters. The molecule has 0 spiro atoms. The number of aromatic nitrogens is 5. The van der Waals surface area contributed by atoms with Crippen molar-refractivity contribution in [3.05, 3.63) is 133 Å². The minimum absolute atomic E-state index is 0.0383.